The number of hydrogen-bond acceptors (Lipinski definition) is 1. The number of rotatable bonds is 0. The summed E-state index contributed by atoms with van der Waals surface area (Å²) in [7, 11) is 0. The van der Waals surface area contributed by atoms with Gasteiger partial charge in [0.1, 0.15) is 0 Å². The van der Waals surface area contributed by atoms with Crippen LogP contribution in [0.1, 0.15) is 13.3 Å². The van der Waals surface area contributed by atoms with Gasteiger partial charge in [0.15, 0.2) is 0 Å². The zero-order valence-electron chi connectivity index (χ0n) is 7.33. The van der Waals surface area contributed by atoms with Crippen LogP contribution in [-0.4, -0.2) is 6.21 Å². The minimum absolute atomic E-state index is 0.925. The van der Waals surface area contributed by atoms with Gasteiger partial charge >= 0.3 is 0 Å². The van der Waals surface area contributed by atoms with Gasteiger partial charge in [-0.15, -0.1) is 0 Å². The van der Waals surface area contributed by atoms with Gasteiger partial charge in [-0.3, -0.25) is 4.99 Å². The molecule has 1 heterocycles. The molecule has 0 aromatic carbocycles. The van der Waals surface area contributed by atoms with Gasteiger partial charge in [-0.25, -0.2) is 0 Å². The molecule has 62 valence electrons. The van der Waals surface area contributed by atoms with Crippen molar-refractivity contribution in [3.05, 3.63) is 48.2 Å². The second-order valence-corrected chi connectivity index (χ2v) is 2.70. The van der Waals surface area contributed by atoms with Crippen LogP contribution >= 0.6 is 0 Å². The Morgan fingerprint density at radius 2 is 2.25 bits per heavy atom. The summed E-state index contributed by atoms with van der Waals surface area (Å²) in [6.07, 6.45) is 12.8. The van der Waals surface area contributed by atoms with Crippen LogP contribution in [0, 0.1) is 0 Å². The fourth-order valence-corrected chi connectivity index (χ4v) is 0.855. The van der Waals surface area contributed by atoms with Gasteiger partial charge in [-0.1, -0.05) is 37.0 Å². The van der Waals surface area contributed by atoms with E-state index < -0.39 is 0 Å². The molecular formula is C11H13N. The van der Waals surface area contributed by atoms with Crippen molar-refractivity contribution in [3.8, 4) is 0 Å². The molecule has 0 aromatic heterocycles. The number of aliphatic imine (C=N–C) groups is 1. The monoisotopic (exact) mass is 159 g/mol. The third-order valence-corrected chi connectivity index (χ3v) is 1.54. The van der Waals surface area contributed by atoms with E-state index in [0.717, 1.165) is 17.7 Å². The molecule has 0 spiro atoms. The summed E-state index contributed by atoms with van der Waals surface area (Å²) in [6, 6.07) is 0. The van der Waals surface area contributed by atoms with Gasteiger partial charge in [0.2, 0.25) is 0 Å². The van der Waals surface area contributed by atoms with Crippen LogP contribution in [0.2, 0.25) is 0 Å². The second kappa shape index (κ2) is 4.50. The molecule has 0 radical (unpaired) electrons. The van der Waals surface area contributed by atoms with Crippen molar-refractivity contribution in [1.82, 2.24) is 0 Å². The molecule has 0 fully saturated rings. The lowest BCUT2D eigenvalue weighted by Gasteiger charge is -1.93. The molecule has 1 aliphatic rings. The largest absolute Gasteiger partial charge is 0.261 e. The summed E-state index contributed by atoms with van der Waals surface area (Å²) in [5.41, 5.74) is 1.96. The average molecular weight is 159 g/mol. The van der Waals surface area contributed by atoms with Gasteiger partial charge in [-0.05, 0) is 18.9 Å². The molecule has 12 heavy (non-hydrogen) atoms. The van der Waals surface area contributed by atoms with E-state index in [4.69, 9.17) is 0 Å². The fraction of sp³-hybridized carbons (Fsp3) is 0.182. The Labute approximate surface area is 73.5 Å². The molecule has 0 amide bonds. The average Bonchev–Trinajstić information content (AvgIpc) is 2.07. The lowest BCUT2D eigenvalue weighted by Crippen LogP contribution is -1.79. The maximum atomic E-state index is 4.22. The Bertz CT molecular complexity index is 273. The van der Waals surface area contributed by atoms with Crippen LogP contribution in [-0.2, 0) is 0 Å². The van der Waals surface area contributed by atoms with Gasteiger partial charge < -0.3 is 0 Å². The molecule has 0 atom stereocenters. The quantitative estimate of drug-likeness (QED) is 0.515. The van der Waals surface area contributed by atoms with Crippen LogP contribution in [0.25, 0.3) is 0 Å². The highest BCUT2D eigenvalue weighted by atomic mass is 14.7. The van der Waals surface area contributed by atoms with Crippen LogP contribution in [0.5, 0.6) is 0 Å². The first-order chi connectivity index (χ1) is 5.79. The van der Waals surface area contributed by atoms with Gasteiger partial charge in [0.05, 0.1) is 0 Å². The van der Waals surface area contributed by atoms with Gasteiger partial charge in [0.25, 0.3) is 0 Å². The molecule has 0 N–H and O–H groups in total. The summed E-state index contributed by atoms with van der Waals surface area (Å²) in [6.45, 7) is 5.81. The van der Waals surface area contributed by atoms with Crippen LogP contribution in [0.4, 0.5) is 0 Å². The van der Waals surface area contributed by atoms with Crippen molar-refractivity contribution in [2.24, 2.45) is 4.99 Å². The molecule has 1 rings (SSSR count). The van der Waals surface area contributed by atoms with E-state index in [1.807, 2.05) is 25.2 Å². The predicted octanol–water partition coefficient (Wildman–Crippen LogP) is 3.03. The third kappa shape index (κ3) is 3.15. The second-order valence-electron chi connectivity index (χ2n) is 2.70. The van der Waals surface area contributed by atoms with Crippen molar-refractivity contribution in [3.63, 3.8) is 0 Å². The van der Waals surface area contributed by atoms with E-state index in [9.17, 15) is 0 Å². The lowest BCUT2D eigenvalue weighted by atomic mass is 10.2. The molecule has 0 saturated carbocycles. The van der Waals surface area contributed by atoms with Crippen molar-refractivity contribution in [1.29, 1.82) is 0 Å². The van der Waals surface area contributed by atoms with Gasteiger partial charge in [-0.2, -0.15) is 0 Å². The highest BCUT2D eigenvalue weighted by Gasteiger charge is 1.84. The Morgan fingerprint density at radius 1 is 1.42 bits per heavy atom. The minimum Gasteiger partial charge on any atom is -0.261 e. The van der Waals surface area contributed by atoms with Crippen molar-refractivity contribution in [2.75, 3.05) is 0 Å². The standard InChI is InChI=1S/C11H13N/c1-10-7-5-3-4-6-8-11(2)12-9-10/h3-5,7-9H,1,6H2,2H3/b4-3-,7-5-,11-8-,12-9?. The van der Waals surface area contributed by atoms with E-state index in [1.165, 1.54) is 0 Å². The molecule has 0 aliphatic carbocycles. The van der Waals surface area contributed by atoms with E-state index in [1.54, 1.807) is 6.21 Å². The SMILES string of the molecule is C=C1C=N/C(C)=C\C/C=C\C=C/1. The molecule has 0 saturated heterocycles. The Hall–Kier alpha value is -1.37. The van der Waals surface area contributed by atoms with Crippen molar-refractivity contribution < 1.29 is 0 Å². The van der Waals surface area contributed by atoms with E-state index in [2.05, 4.69) is 23.7 Å². The summed E-state index contributed by atoms with van der Waals surface area (Å²) < 4.78 is 0. The molecular weight excluding hydrogens is 146 g/mol. The van der Waals surface area contributed by atoms with E-state index in [-0.39, 0.29) is 0 Å². The minimum atomic E-state index is 0.925. The zero-order valence-corrected chi connectivity index (χ0v) is 7.33. The molecule has 1 heteroatoms. The normalized spacial score (nSPS) is 27.4. The van der Waals surface area contributed by atoms with Gasteiger partial charge in [0, 0.05) is 11.9 Å². The molecule has 0 bridgehead atoms. The maximum Gasteiger partial charge on any atom is 0.0337 e. The smallest absolute Gasteiger partial charge is 0.0337 e. The lowest BCUT2D eigenvalue weighted by molar-refractivity contribution is 1.24. The Kier molecular flexibility index (Phi) is 3.27. The summed E-state index contributed by atoms with van der Waals surface area (Å²) in [5.74, 6) is 0. The van der Waals surface area contributed by atoms with Crippen molar-refractivity contribution >= 4 is 6.21 Å². The molecule has 0 aromatic rings. The molecule has 0 unspecified atom stereocenters. The first kappa shape index (κ1) is 8.72. The van der Waals surface area contributed by atoms with E-state index >= 15 is 0 Å². The summed E-state index contributed by atoms with van der Waals surface area (Å²) >= 11 is 0. The highest BCUT2D eigenvalue weighted by molar-refractivity contribution is 5.82. The highest BCUT2D eigenvalue weighted by Crippen LogP contribution is 2.01. The predicted molar refractivity (Wildman–Crippen MR) is 54.3 cm³/mol. The first-order valence-electron chi connectivity index (χ1n) is 4.02. The zero-order chi connectivity index (χ0) is 8.81. The van der Waals surface area contributed by atoms with Crippen molar-refractivity contribution in [2.45, 2.75) is 13.3 Å². The Morgan fingerprint density at radius 3 is 3.08 bits per heavy atom. The molecule has 1 nitrogen and oxygen atoms in total. The first-order valence-corrected chi connectivity index (χ1v) is 4.02. The fourth-order valence-electron chi connectivity index (χ4n) is 0.855. The maximum absolute atomic E-state index is 4.22. The van der Waals surface area contributed by atoms with E-state index in [0.29, 0.717) is 0 Å². The van der Waals surface area contributed by atoms with Crippen LogP contribution in [0.3, 0.4) is 0 Å². The van der Waals surface area contributed by atoms with Crippen LogP contribution in [0.15, 0.2) is 53.2 Å². The number of nitrogens with zero attached hydrogens (tertiary/aromatic N) is 1. The Balaban J connectivity index is 2.80. The topological polar surface area (TPSA) is 12.4 Å². The number of hydrogen-bond donors (Lipinski definition) is 0. The number of allylic oxidation sites excluding steroid dienone is 7. The van der Waals surface area contributed by atoms with Crippen LogP contribution < -0.4 is 0 Å². The molecule has 1 aliphatic heterocycles. The summed E-state index contributed by atoms with van der Waals surface area (Å²) in [5, 5.41) is 0. The third-order valence-electron chi connectivity index (χ3n) is 1.54. The summed E-state index contributed by atoms with van der Waals surface area (Å²) in [4.78, 5) is 4.22.